The molecule has 20 heavy (non-hydrogen) atoms. The summed E-state index contributed by atoms with van der Waals surface area (Å²) in [6.07, 6.45) is 1.23. The average molecular weight is 268 g/mol. The zero-order valence-electron chi connectivity index (χ0n) is 11.8. The molecule has 0 amide bonds. The zero-order chi connectivity index (χ0) is 13.9. The highest BCUT2D eigenvalue weighted by Crippen LogP contribution is 2.34. The molecular formula is C17H20N2O. The molecule has 2 aromatic carbocycles. The first-order valence-electron chi connectivity index (χ1n) is 7.07. The van der Waals surface area contributed by atoms with Crippen molar-refractivity contribution in [3.63, 3.8) is 0 Å². The van der Waals surface area contributed by atoms with Crippen molar-refractivity contribution in [2.45, 2.75) is 19.4 Å². The van der Waals surface area contributed by atoms with E-state index in [0.717, 1.165) is 36.6 Å². The monoisotopic (exact) mass is 268 g/mol. The molecule has 0 saturated heterocycles. The Kier molecular flexibility index (Phi) is 3.50. The van der Waals surface area contributed by atoms with Crippen LogP contribution < -0.4 is 15.4 Å². The second-order valence-electron chi connectivity index (χ2n) is 5.34. The van der Waals surface area contributed by atoms with Crippen LogP contribution >= 0.6 is 0 Å². The summed E-state index contributed by atoms with van der Waals surface area (Å²) in [5.41, 5.74) is 9.10. The molecule has 0 spiro atoms. The molecule has 2 aromatic rings. The highest BCUT2D eigenvalue weighted by molar-refractivity contribution is 5.65. The number of anilines is 2. The van der Waals surface area contributed by atoms with Crippen molar-refractivity contribution in [2.24, 2.45) is 0 Å². The minimum Gasteiger partial charge on any atom is -0.487 e. The van der Waals surface area contributed by atoms with Crippen LogP contribution in [-0.4, -0.2) is 19.2 Å². The molecule has 1 aliphatic heterocycles. The molecule has 1 unspecified atom stereocenters. The molecule has 0 aromatic heterocycles. The number of nitrogens with two attached hydrogens (primary N) is 1. The second-order valence-corrected chi connectivity index (χ2v) is 5.34. The summed E-state index contributed by atoms with van der Waals surface area (Å²) < 4.78 is 5.87. The van der Waals surface area contributed by atoms with Crippen LogP contribution in [0.15, 0.2) is 48.5 Å². The molecule has 0 saturated carbocycles. The van der Waals surface area contributed by atoms with Gasteiger partial charge in [-0.2, -0.15) is 0 Å². The van der Waals surface area contributed by atoms with E-state index in [-0.39, 0.29) is 6.10 Å². The van der Waals surface area contributed by atoms with Crippen LogP contribution in [-0.2, 0) is 6.42 Å². The zero-order valence-corrected chi connectivity index (χ0v) is 11.8. The van der Waals surface area contributed by atoms with Gasteiger partial charge in [0.15, 0.2) is 0 Å². The first-order valence-corrected chi connectivity index (χ1v) is 7.07. The number of hydrogen-bond donors (Lipinski definition) is 1. The van der Waals surface area contributed by atoms with Crippen molar-refractivity contribution >= 4 is 11.4 Å². The topological polar surface area (TPSA) is 38.5 Å². The molecule has 0 aliphatic carbocycles. The van der Waals surface area contributed by atoms with Crippen LogP contribution in [0.1, 0.15) is 12.5 Å². The quantitative estimate of drug-likeness (QED) is 0.869. The fourth-order valence-corrected chi connectivity index (χ4v) is 2.67. The smallest absolute Gasteiger partial charge is 0.145 e. The molecule has 0 bridgehead atoms. The third kappa shape index (κ3) is 2.72. The highest BCUT2D eigenvalue weighted by Gasteiger charge is 2.22. The van der Waals surface area contributed by atoms with E-state index in [4.69, 9.17) is 10.5 Å². The summed E-state index contributed by atoms with van der Waals surface area (Å²) in [5, 5.41) is 0. The van der Waals surface area contributed by atoms with Crippen LogP contribution in [0, 0.1) is 0 Å². The number of rotatable bonds is 3. The van der Waals surface area contributed by atoms with E-state index in [9.17, 15) is 0 Å². The average Bonchev–Trinajstić information content (AvgIpc) is 2.45. The summed E-state index contributed by atoms with van der Waals surface area (Å²) in [4.78, 5) is 2.38. The summed E-state index contributed by atoms with van der Waals surface area (Å²) in [6, 6.07) is 16.5. The van der Waals surface area contributed by atoms with Crippen LogP contribution in [0.2, 0.25) is 0 Å². The second kappa shape index (κ2) is 5.45. The van der Waals surface area contributed by atoms with E-state index in [2.05, 4.69) is 48.2 Å². The number of nitrogen functional groups attached to an aromatic ring is 1. The Hall–Kier alpha value is -2.16. The third-order valence-electron chi connectivity index (χ3n) is 3.64. The van der Waals surface area contributed by atoms with Gasteiger partial charge < -0.3 is 15.4 Å². The lowest BCUT2D eigenvalue weighted by molar-refractivity contribution is 0.213. The van der Waals surface area contributed by atoms with E-state index >= 15 is 0 Å². The molecule has 104 valence electrons. The number of benzene rings is 2. The van der Waals surface area contributed by atoms with E-state index in [1.165, 1.54) is 5.56 Å². The minimum atomic E-state index is 0.195. The maximum absolute atomic E-state index is 5.87. The summed E-state index contributed by atoms with van der Waals surface area (Å²) in [5.74, 6) is 0.900. The van der Waals surface area contributed by atoms with Gasteiger partial charge in [-0.05, 0) is 31.0 Å². The Morgan fingerprint density at radius 2 is 2.00 bits per heavy atom. The molecule has 1 atom stereocenters. The van der Waals surface area contributed by atoms with Crippen molar-refractivity contribution in [2.75, 3.05) is 23.7 Å². The van der Waals surface area contributed by atoms with Crippen molar-refractivity contribution in [3.05, 3.63) is 54.1 Å². The van der Waals surface area contributed by atoms with Gasteiger partial charge in [-0.15, -0.1) is 0 Å². The van der Waals surface area contributed by atoms with Gasteiger partial charge in [0, 0.05) is 18.3 Å². The van der Waals surface area contributed by atoms with E-state index < -0.39 is 0 Å². The van der Waals surface area contributed by atoms with Gasteiger partial charge in [-0.3, -0.25) is 0 Å². The van der Waals surface area contributed by atoms with Gasteiger partial charge in [-0.25, -0.2) is 0 Å². The Balaban J connectivity index is 1.77. The Bertz CT molecular complexity index is 583. The van der Waals surface area contributed by atoms with Crippen molar-refractivity contribution < 1.29 is 4.74 Å². The van der Waals surface area contributed by atoms with E-state index in [0.29, 0.717) is 0 Å². The summed E-state index contributed by atoms with van der Waals surface area (Å²) in [7, 11) is 0. The van der Waals surface area contributed by atoms with Crippen LogP contribution in [0.4, 0.5) is 11.4 Å². The molecule has 2 N–H and O–H groups in total. The lowest BCUT2D eigenvalue weighted by Crippen LogP contribution is -2.39. The number of hydrogen-bond acceptors (Lipinski definition) is 3. The molecular weight excluding hydrogens is 248 g/mol. The molecule has 1 heterocycles. The fourth-order valence-electron chi connectivity index (χ4n) is 2.67. The van der Waals surface area contributed by atoms with Crippen LogP contribution in [0.3, 0.4) is 0 Å². The Morgan fingerprint density at radius 3 is 2.80 bits per heavy atom. The standard InChI is InChI=1S/C17H20N2O/c1-13-12-19(10-9-14-5-3-2-4-6-14)16-8-7-15(18)11-17(16)20-13/h2-8,11,13H,9-10,12,18H2,1H3. The molecule has 0 radical (unpaired) electrons. The predicted molar refractivity (Wildman–Crippen MR) is 83.3 cm³/mol. The lowest BCUT2D eigenvalue weighted by atomic mass is 10.1. The Morgan fingerprint density at radius 1 is 1.20 bits per heavy atom. The first kappa shape index (κ1) is 12.9. The van der Waals surface area contributed by atoms with Gasteiger partial charge >= 0.3 is 0 Å². The Labute approximate surface area is 120 Å². The van der Waals surface area contributed by atoms with Gasteiger partial charge in [0.25, 0.3) is 0 Å². The maximum atomic E-state index is 5.87. The van der Waals surface area contributed by atoms with Crippen molar-refractivity contribution in [1.82, 2.24) is 0 Å². The van der Waals surface area contributed by atoms with E-state index in [1.54, 1.807) is 0 Å². The number of nitrogens with zero attached hydrogens (tertiary/aromatic N) is 1. The molecule has 0 fully saturated rings. The largest absolute Gasteiger partial charge is 0.487 e. The predicted octanol–water partition coefficient (Wildman–Crippen LogP) is 3.10. The van der Waals surface area contributed by atoms with Gasteiger partial charge in [0.2, 0.25) is 0 Å². The summed E-state index contributed by atoms with van der Waals surface area (Å²) >= 11 is 0. The minimum absolute atomic E-state index is 0.195. The number of ether oxygens (including phenoxy) is 1. The molecule has 3 rings (SSSR count). The fraction of sp³-hybridized carbons (Fsp3) is 0.294. The molecule has 3 nitrogen and oxygen atoms in total. The van der Waals surface area contributed by atoms with Crippen molar-refractivity contribution in [1.29, 1.82) is 0 Å². The number of fused-ring (bicyclic) bond motifs is 1. The van der Waals surface area contributed by atoms with Gasteiger partial charge in [0.05, 0.1) is 12.2 Å². The summed E-state index contributed by atoms with van der Waals surface area (Å²) in [6.45, 7) is 4.01. The van der Waals surface area contributed by atoms with E-state index in [1.807, 2.05) is 12.1 Å². The van der Waals surface area contributed by atoms with Gasteiger partial charge in [0.1, 0.15) is 11.9 Å². The van der Waals surface area contributed by atoms with Gasteiger partial charge in [-0.1, -0.05) is 30.3 Å². The third-order valence-corrected chi connectivity index (χ3v) is 3.64. The SMILES string of the molecule is CC1CN(CCc2ccccc2)c2ccc(N)cc2O1. The normalized spacial score (nSPS) is 17.4. The van der Waals surface area contributed by atoms with Crippen LogP contribution in [0.5, 0.6) is 5.75 Å². The molecule has 3 heteroatoms. The lowest BCUT2D eigenvalue weighted by Gasteiger charge is -2.35. The first-order chi connectivity index (χ1) is 9.72. The van der Waals surface area contributed by atoms with Crippen molar-refractivity contribution in [3.8, 4) is 5.75 Å². The highest BCUT2D eigenvalue weighted by atomic mass is 16.5. The van der Waals surface area contributed by atoms with Crippen LogP contribution in [0.25, 0.3) is 0 Å². The maximum Gasteiger partial charge on any atom is 0.145 e. The molecule has 1 aliphatic rings.